The third kappa shape index (κ3) is 2.02. The summed E-state index contributed by atoms with van der Waals surface area (Å²) in [6.45, 7) is 2.03. The van der Waals surface area contributed by atoms with Crippen LogP contribution in [0.4, 0.5) is 0 Å². The van der Waals surface area contributed by atoms with Gasteiger partial charge in [-0.25, -0.2) is 4.68 Å². The number of nitrogens with zero attached hydrogens (tertiary/aromatic N) is 3. The average Bonchev–Trinajstić information content (AvgIpc) is 2.83. The van der Waals surface area contributed by atoms with Gasteiger partial charge in [0, 0.05) is 5.56 Å². The highest BCUT2D eigenvalue weighted by Crippen LogP contribution is 2.17. The Kier molecular flexibility index (Phi) is 2.37. The van der Waals surface area contributed by atoms with Gasteiger partial charge in [-0.05, 0) is 19.1 Å². The van der Waals surface area contributed by atoms with Gasteiger partial charge < -0.3 is 0 Å². The summed E-state index contributed by atoms with van der Waals surface area (Å²) in [5.41, 5.74) is 3.54. The van der Waals surface area contributed by atoms with Crippen LogP contribution in [0.1, 0.15) is 6.93 Å². The quantitative estimate of drug-likeness (QED) is 0.684. The zero-order chi connectivity index (χ0) is 13.2. The first kappa shape index (κ1) is 9.59. The van der Waals surface area contributed by atoms with E-state index in [2.05, 4.69) is 10.3 Å². The van der Waals surface area contributed by atoms with Crippen molar-refractivity contribution in [3.05, 3.63) is 66.3 Å². The lowest BCUT2D eigenvalue weighted by Crippen LogP contribution is -1.94. The molecule has 0 N–H and O–H groups in total. The molecule has 3 rings (SSSR count). The second-order valence-electron chi connectivity index (χ2n) is 4.16. The van der Waals surface area contributed by atoms with Crippen molar-refractivity contribution < 1.29 is 1.37 Å². The van der Waals surface area contributed by atoms with Crippen LogP contribution in [-0.4, -0.2) is 15.0 Å². The van der Waals surface area contributed by atoms with Gasteiger partial charge in [0.2, 0.25) is 0 Å². The Labute approximate surface area is 107 Å². The monoisotopic (exact) mass is 236 g/mol. The van der Waals surface area contributed by atoms with E-state index in [9.17, 15) is 0 Å². The van der Waals surface area contributed by atoms with E-state index in [1.807, 2.05) is 61.5 Å². The fourth-order valence-electron chi connectivity index (χ4n) is 1.75. The van der Waals surface area contributed by atoms with Crippen LogP contribution in [0.25, 0.3) is 16.9 Å². The van der Waals surface area contributed by atoms with Gasteiger partial charge in [-0.15, -0.1) is 5.10 Å². The van der Waals surface area contributed by atoms with E-state index in [1.165, 1.54) is 5.56 Å². The van der Waals surface area contributed by atoms with E-state index in [1.54, 1.807) is 4.68 Å². The summed E-state index contributed by atoms with van der Waals surface area (Å²) in [6, 6.07) is 17.5. The zero-order valence-electron chi connectivity index (χ0n) is 11.0. The van der Waals surface area contributed by atoms with Crippen LogP contribution in [0.5, 0.6) is 0 Å². The standard InChI is InChI=1S/C15H13N3/c1-12-7-9-14(10-8-12)18-11-15(16-17-18)13-5-3-2-4-6-13/h2-11H,1H3/i11D. The minimum atomic E-state index is 0.301. The Balaban J connectivity index is 2.06. The summed E-state index contributed by atoms with van der Waals surface area (Å²) in [4.78, 5) is 0. The molecule has 3 heteroatoms. The number of aromatic nitrogens is 3. The first-order valence-electron chi connectivity index (χ1n) is 6.30. The lowest BCUT2D eigenvalue weighted by Gasteiger charge is -1.99. The largest absolute Gasteiger partial charge is 0.220 e. The molecule has 0 amide bonds. The number of hydrogen-bond donors (Lipinski definition) is 0. The van der Waals surface area contributed by atoms with Crippen LogP contribution in [-0.2, 0) is 0 Å². The number of rotatable bonds is 2. The number of benzene rings is 2. The molecule has 0 aliphatic carbocycles. The Hall–Kier alpha value is -2.42. The van der Waals surface area contributed by atoms with Crippen LogP contribution in [0.3, 0.4) is 0 Å². The molecule has 88 valence electrons. The molecule has 0 atom stereocenters. The lowest BCUT2D eigenvalue weighted by molar-refractivity contribution is 0.803. The summed E-state index contributed by atoms with van der Waals surface area (Å²) in [6.07, 6.45) is 0.301. The second-order valence-corrected chi connectivity index (χ2v) is 4.16. The maximum atomic E-state index is 8.19. The molecule has 0 fully saturated rings. The fourth-order valence-corrected chi connectivity index (χ4v) is 1.75. The third-order valence-electron chi connectivity index (χ3n) is 2.77. The SMILES string of the molecule is [2H]c1c(-c2ccccc2)nnn1-c1ccc(C)cc1. The highest BCUT2D eigenvalue weighted by Gasteiger charge is 2.04. The molecule has 0 saturated carbocycles. The molecule has 0 radical (unpaired) electrons. The molecule has 18 heavy (non-hydrogen) atoms. The van der Waals surface area contributed by atoms with Crippen molar-refractivity contribution in [2.45, 2.75) is 6.92 Å². The number of hydrogen-bond acceptors (Lipinski definition) is 2. The van der Waals surface area contributed by atoms with Gasteiger partial charge in [0.05, 0.1) is 13.2 Å². The highest BCUT2D eigenvalue weighted by atomic mass is 15.4. The highest BCUT2D eigenvalue weighted by molar-refractivity contribution is 5.57. The maximum absolute atomic E-state index is 8.19. The molecule has 1 heterocycles. The topological polar surface area (TPSA) is 30.7 Å². The van der Waals surface area contributed by atoms with Crippen LogP contribution in [0, 0.1) is 6.92 Å². The molecule has 0 spiro atoms. The van der Waals surface area contributed by atoms with Gasteiger partial charge in [0.1, 0.15) is 5.69 Å². The van der Waals surface area contributed by atoms with E-state index in [0.29, 0.717) is 11.9 Å². The molecule has 0 bridgehead atoms. The van der Waals surface area contributed by atoms with E-state index in [0.717, 1.165) is 11.3 Å². The van der Waals surface area contributed by atoms with Crippen molar-refractivity contribution in [1.82, 2.24) is 15.0 Å². The molecule has 0 saturated heterocycles. The smallest absolute Gasteiger partial charge is 0.113 e. The normalized spacial score (nSPS) is 11.3. The Morgan fingerprint density at radius 1 is 1.00 bits per heavy atom. The molecular formula is C15H13N3. The summed E-state index contributed by atoms with van der Waals surface area (Å²) in [7, 11) is 0. The fraction of sp³-hybridized carbons (Fsp3) is 0.0667. The van der Waals surface area contributed by atoms with Crippen molar-refractivity contribution in [3.8, 4) is 16.9 Å². The van der Waals surface area contributed by atoms with Gasteiger partial charge in [-0.2, -0.15) is 0 Å². The Bertz CT molecular complexity index is 687. The molecule has 0 aliphatic heterocycles. The van der Waals surface area contributed by atoms with Gasteiger partial charge in [-0.1, -0.05) is 53.2 Å². The molecule has 3 aromatic rings. The van der Waals surface area contributed by atoms with E-state index in [-0.39, 0.29) is 0 Å². The summed E-state index contributed by atoms with van der Waals surface area (Å²) in [5, 5.41) is 8.18. The van der Waals surface area contributed by atoms with Crippen molar-refractivity contribution in [1.29, 1.82) is 0 Å². The summed E-state index contributed by atoms with van der Waals surface area (Å²) >= 11 is 0. The van der Waals surface area contributed by atoms with Gasteiger partial charge in [0.25, 0.3) is 0 Å². The average molecular weight is 236 g/mol. The van der Waals surface area contributed by atoms with Crippen LogP contribution >= 0.6 is 0 Å². The number of aryl methyl sites for hydroxylation is 1. The molecular weight excluding hydrogens is 222 g/mol. The van der Waals surface area contributed by atoms with E-state index < -0.39 is 0 Å². The predicted molar refractivity (Wildman–Crippen MR) is 71.5 cm³/mol. The van der Waals surface area contributed by atoms with Crippen molar-refractivity contribution in [2.24, 2.45) is 0 Å². The molecule has 2 aromatic carbocycles. The summed E-state index contributed by atoms with van der Waals surface area (Å²) in [5.74, 6) is 0. The van der Waals surface area contributed by atoms with E-state index in [4.69, 9.17) is 1.37 Å². The second kappa shape index (κ2) is 4.45. The molecule has 0 aliphatic rings. The van der Waals surface area contributed by atoms with Crippen molar-refractivity contribution >= 4 is 0 Å². The van der Waals surface area contributed by atoms with Gasteiger partial charge in [-0.3, -0.25) is 0 Å². The molecule has 0 unspecified atom stereocenters. The van der Waals surface area contributed by atoms with Crippen molar-refractivity contribution in [3.63, 3.8) is 0 Å². The first-order valence-corrected chi connectivity index (χ1v) is 5.80. The van der Waals surface area contributed by atoms with Crippen LogP contribution < -0.4 is 0 Å². The maximum Gasteiger partial charge on any atom is 0.113 e. The minimum Gasteiger partial charge on any atom is -0.220 e. The van der Waals surface area contributed by atoms with Crippen LogP contribution in [0.15, 0.2) is 60.8 Å². The minimum absolute atomic E-state index is 0.301. The zero-order valence-corrected chi connectivity index (χ0v) is 10.0. The third-order valence-corrected chi connectivity index (χ3v) is 2.77. The van der Waals surface area contributed by atoms with Gasteiger partial charge >= 0.3 is 0 Å². The van der Waals surface area contributed by atoms with Crippen molar-refractivity contribution in [2.75, 3.05) is 0 Å². The molecule has 1 aromatic heterocycles. The first-order chi connectivity index (χ1) is 9.25. The van der Waals surface area contributed by atoms with E-state index >= 15 is 0 Å². The lowest BCUT2D eigenvalue weighted by atomic mass is 10.2. The predicted octanol–water partition coefficient (Wildman–Crippen LogP) is 3.24. The Morgan fingerprint density at radius 2 is 1.72 bits per heavy atom. The van der Waals surface area contributed by atoms with Crippen LogP contribution in [0.2, 0.25) is 0 Å². The van der Waals surface area contributed by atoms with Gasteiger partial charge in [0.15, 0.2) is 0 Å². The summed E-state index contributed by atoms with van der Waals surface area (Å²) < 4.78 is 9.74. The Morgan fingerprint density at radius 3 is 2.44 bits per heavy atom. The molecule has 3 nitrogen and oxygen atoms in total.